The first kappa shape index (κ1) is 35.7. The molecule has 297 valence electrons. The number of nitrogens with zero attached hydrogens (tertiary/aromatic N) is 2. The van der Waals surface area contributed by atoms with Crippen LogP contribution in [0.25, 0.3) is 66.0 Å². The number of aromatic nitrogens is 2. The second kappa shape index (κ2) is 17.5. The summed E-state index contributed by atoms with van der Waals surface area (Å²) >= 11 is 0. The standard InChI is InChI=1S/C32H26NO.C21H21FNSi.Ir/c1-2-7-21(8-3-1)17-22-15-16-33-30(18-22)27-12-6-11-26-29-19-24-14-13-23-9-4-5-10-25(23)28(24)20-31(29)34-32(26)27;1-24(2,3)21-15-23-20(17-9-11-19(22)12-10-17)14-18(21)13-16-7-5-4-6-8-16;/h4-6,9-11,13-16,18-21H,1-3,7-8,17H2;4-9,11-12,14-15H,13H2,1-3H3;/q2*-1;/i17D2;13D2;. The SMILES string of the molecule is [2H]C([2H])(c1ccccc1)c1cc(-c2[c-]cc(F)cc2)ncc1[Si](C)(C)C.[2H]C([2H])(c1ccnc(-c2[c-]ccc3c2oc2cc4c(ccc5ccccc54)cc23)c1)C1CCCCC1.[Ir]. The van der Waals surface area contributed by atoms with Gasteiger partial charge >= 0.3 is 0 Å². The largest absolute Gasteiger partial charge is 0.501 e. The minimum Gasteiger partial charge on any atom is -0.501 e. The zero-order valence-electron chi connectivity index (χ0n) is 37.4. The Bertz CT molecular complexity index is 3070. The minimum absolute atomic E-state index is 0. The van der Waals surface area contributed by atoms with Crippen molar-refractivity contribution < 1.29 is 34.4 Å². The molecule has 0 amide bonds. The number of fused-ring (bicyclic) bond motifs is 6. The second-order valence-corrected chi connectivity index (χ2v) is 21.3. The molecule has 0 N–H and O–H groups in total. The molecule has 3 heterocycles. The van der Waals surface area contributed by atoms with E-state index in [0.29, 0.717) is 33.6 Å². The molecule has 1 aliphatic rings. The van der Waals surface area contributed by atoms with Crippen LogP contribution < -0.4 is 5.19 Å². The average molecular weight is 971 g/mol. The van der Waals surface area contributed by atoms with E-state index in [2.05, 4.69) is 90.3 Å². The molecule has 0 aliphatic heterocycles. The van der Waals surface area contributed by atoms with E-state index in [4.69, 9.17) is 9.90 Å². The van der Waals surface area contributed by atoms with Gasteiger partial charge in [0.2, 0.25) is 0 Å². The van der Waals surface area contributed by atoms with Crippen molar-refractivity contribution in [3.8, 4) is 22.5 Å². The smallest absolute Gasteiger partial charge is 0.121 e. The summed E-state index contributed by atoms with van der Waals surface area (Å²) in [6, 6.07) is 46.2. The summed E-state index contributed by atoms with van der Waals surface area (Å²) in [5, 5.41) is 7.85. The van der Waals surface area contributed by atoms with Crippen molar-refractivity contribution in [2.24, 2.45) is 5.92 Å². The first-order chi connectivity index (χ1) is 29.8. The first-order valence-electron chi connectivity index (χ1n) is 22.2. The Kier molecular flexibility index (Phi) is 10.6. The Morgan fingerprint density at radius 1 is 0.729 bits per heavy atom. The molecule has 3 aromatic heterocycles. The Labute approximate surface area is 366 Å². The van der Waals surface area contributed by atoms with Crippen molar-refractivity contribution >= 4 is 56.7 Å². The van der Waals surface area contributed by atoms with Crippen molar-refractivity contribution in [2.45, 2.75) is 64.5 Å². The number of halogens is 1. The van der Waals surface area contributed by atoms with E-state index >= 15 is 0 Å². The molecule has 59 heavy (non-hydrogen) atoms. The molecule has 10 rings (SSSR count). The van der Waals surface area contributed by atoms with Gasteiger partial charge in [-0.2, -0.15) is 0 Å². The van der Waals surface area contributed by atoms with Crippen LogP contribution in [0.5, 0.6) is 0 Å². The third-order valence-electron chi connectivity index (χ3n) is 11.1. The number of rotatable bonds is 7. The first-order valence-corrected chi connectivity index (χ1v) is 23.7. The topological polar surface area (TPSA) is 38.9 Å². The van der Waals surface area contributed by atoms with Gasteiger partial charge in [0.25, 0.3) is 0 Å². The number of hydrogen-bond acceptors (Lipinski definition) is 3. The van der Waals surface area contributed by atoms with Crippen LogP contribution in [-0.4, -0.2) is 18.0 Å². The minimum atomic E-state index is -1.83. The van der Waals surface area contributed by atoms with Gasteiger partial charge in [-0.05, 0) is 80.5 Å². The van der Waals surface area contributed by atoms with Crippen molar-refractivity contribution in [3.05, 3.63) is 174 Å². The van der Waals surface area contributed by atoms with E-state index in [1.165, 1.54) is 40.1 Å². The van der Waals surface area contributed by atoms with Crippen molar-refractivity contribution in [1.29, 1.82) is 0 Å². The number of hydrogen-bond donors (Lipinski definition) is 0. The maximum atomic E-state index is 13.2. The van der Waals surface area contributed by atoms with Gasteiger partial charge in [-0.15, -0.1) is 48.0 Å². The maximum Gasteiger partial charge on any atom is 0.121 e. The molecule has 1 radical (unpaired) electrons. The zero-order valence-corrected chi connectivity index (χ0v) is 36.8. The van der Waals surface area contributed by atoms with Crippen LogP contribution in [-0.2, 0) is 32.9 Å². The molecule has 6 heteroatoms. The van der Waals surface area contributed by atoms with Gasteiger partial charge in [0.1, 0.15) is 5.58 Å². The maximum absolute atomic E-state index is 13.2. The van der Waals surface area contributed by atoms with Crippen molar-refractivity contribution in [2.75, 3.05) is 0 Å². The second-order valence-electron chi connectivity index (χ2n) is 16.2. The van der Waals surface area contributed by atoms with Gasteiger partial charge in [-0.3, -0.25) is 4.39 Å². The van der Waals surface area contributed by atoms with Crippen LogP contribution >= 0.6 is 0 Å². The predicted molar refractivity (Wildman–Crippen MR) is 242 cm³/mol. The van der Waals surface area contributed by atoms with Crippen LogP contribution in [0, 0.1) is 23.9 Å². The summed E-state index contributed by atoms with van der Waals surface area (Å²) in [7, 11) is -1.83. The molecule has 9 aromatic rings. The summed E-state index contributed by atoms with van der Waals surface area (Å²) < 4.78 is 55.2. The van der Waals surface area contributed by atoms with Crippen molar-refractivity contribution in [3.63, 3.8) is 0 Å². The normalized spacial score (nSPS) is 14.8. The Morgan fingerprint density at radius 2 is 1.53 bits per heavy atom. The van der Waals surface area contributed by atoms with E-state index in [1.807, 2.05) is 42.5 Å². The van der Waals surface area contributed by atoms with Crippen molar-refractivity contribution in [1.82, 2.24) is 9.97 Å². The molecular formula is C53H47FIrN2OSi-2. The molecule has 3 nitrogen and oxygen atoms in total. The van der Waals surface area contributed by atoms with Crippen LogP contribution in [0.3, 0.4) is 0 Å². The number of benzene rings is 6. The zero-order chi connectivity index (χ0) is 43.2. The number of furan rings is 1. The average Bonchev–Trinajstić information content (AvgIpc) is 3.66. The Balaban J connectivity index is 0.000000180. The van der Waals surface area contributed by atoms with Gasteiger partial charge in [0.05, 0.1) is 13.7 Å². The fourth-order valence-corrected chi connectivity index (χ4v) is 9.51. The van der Waals surface area contributed by atoms with Crippen LogP contribution in [0.4, 0.5) is 4.39 Å². The molecular weight excluding hydrogens is 920 g/mol. The summed E-state index contributed by atoms with van der Waals surface area (Å²) in [5.41, 5.74) is 6.24. The summed E-state index contributed by atoms with van der Waals surface area (Å²) in [6.07, 6.45) is 5.80. The fraction of sp³-hybridized carbons (Fsp3) is 0.208. The van der Waals surface area contributed by atoms with E-state index < -0.39 is 20.8 Å². The molecule has 0 unspecified atom stereocenters. The van der Waals surface area contributed by atoms with Gasteiger partial charge in [0.15, 0.2) is 0 Å². The fourth-order valence-electron chi connectivity index (χ4n) is 8.12. The molecule has 1 fully saturated rings. The van der Waals surface area contributed by atoms with Gasteiger partial charge < -0.3 is 14.4 Å². The molecule has 0 bridgehead atoms. The molecule has 1 aliphatic carbocycles. The number of pyridine rings is 2. The van der Waals surface area contributed by atoms with Gasteiger partial charge in [-0.1, -0.05) is 153 Å². The Morgan fingerprint density at radius 3 is 2.32 bits per heavy atom. The summed E-state index contributed by atoms with van der Waals surface area (Å²) in [5.74, 6) is -0.304. The van der Waals surface area contributed by atoms with E-state index in [0.717, 1.165) is 58.4 Å². The summed E-state index contributed by atoms with van der Waals surface area (Å²) in [4.78, 5) is 9.15. The quantitative estimate of drug-likeness (QED) is 0.0907. The Hall–Kier alpha value is -5.26. The molecule has 0 saturated heterocycles. The molecule has 0 spiro atoms. The van der Waals surface area contributed by atoms with Gasteiger partial charge in [0, 0.05) is 49.2 Å². The van der Waals surface area contributed by atoms with Crippen LogP contribution in [0.1, 0.15) is 54.3 Å². The molecule has 0 atom stereocenters. The monoisotopic (exact) mass is 971 g/mol. The van der Waals surface area contributed by atoms with Gasteiger partial charge in [-0.25, -0.2) is 0 Å². The molecule has 1 saturated carbocycles. The molecule has 6 aromatic carbocycles. The third-order valence-corrected chi connectivity index (χ3v) is 13.1. The summed E-state index contributed by atoms with van der Waals surface area (Å²) in [6.45, 7) is 6.54. The van der Waals surface area contributed by atoms with E-state index in [-0.39, 0.29) is 31.8 Å². The van der Waals surface area contributed by atoms with Crippen LogP contribution in [0.2, 0.25) is 19.6 Å². The predicted octanol–water partition coefficient (Wildman–Crippen LogP) is 13.7. The van der Waals surface area contributed by atoms with E-state index in [9.17, 15) is 4.39 Å². The van der Waals surface area contributed by atoms with E-state index in [1.54, 1.807) is 36.7 Å². The van der Waals surface area contributed by atoms with Crippen LogP contribution in [0.15, 0.2) is 144 Å². The third kappa shape index (κ3) is 8.87.